The summed E-state index contributed by atoms with van der Waals surface area (Å²) in [6.07, 6.45) is 0. The highest BCUT2D eigenvalue weighted by atomic mass is 32.2. The van der Waals surface area contributed by atoms with E-state index in [2.05, 4.69) is 27.2 Å². The van der Waals surface area contributed by atoms with Crippen molar-refractivity contribution >= 4 is 23.4 Å². The Labute approximate surface area is 187 Å². The molecule has 31 heavy (non-hydrogen) atoms. The maximum Gasteiger partial charge on any atom is 0.233 e. The molecular weight excluding hydrogens is 410 g/mol. The molecular formula is C23H27N5O2S. The number of rotatable bonds is 8. The van der Waals surface area contributed by atoms with Crippen LogP contribution in [0.2, 0.25) is 0 Å². The third-order valence-corrected chi connectivity index (χ3v) is 6.25. The van der Waals surface area contributed by atoms with Crippen molar-refractivity contribution < 1.29 is 9.53 Å². The Morgan fingerprint density at radius 3 is 2.32 bits per heavy atom. The number of nitrogens with zero attached hydrogens (tertiary/aromatic N) is 5. The highest BCUT2D eigenvalue weighted by molar-refractivity contribution is 7.99. The number of para-hydroxylation sites is 2. The molecule has 3 aromatic rings. The van der Waals surface area contributed by atoms with Crippen molar-refractivity contribution in [1.29, 1.82) is 0 Å². The van der Waals surface area contributed by atoms with Gasteiger partial charge >= 0.3 is 0 Å². The summed E-state index contributed by atoms with van der Waals surface area (Å²) < 4.78 is 7.81. The van der Waals surface area contributed by atoms with Crippen LogP contribution in [0.3, 0.4) is 0 Å². The van der Waals surface area contributed by atoms with Crippen molar-refractivity contribution in [2.24, 2.45) is 0 Å². The van der Waals surface area contributed by atoms with Crippen molar-refractivity contribution in [3.63, 3.8) is 0 Å². The second-order valence-corrected chi connectivity index (χ2v) is 8.18. The molecule has 7 nitrogen and oxygen atoms in total. The van der Waals surface area contributed by atoms with Crippen LogP contribution in [0.4, 0.5) is 5.69 Å². The van der Waals surface area contributed by atoms with Gasteiger partial charge < -0.3 is 19.1 Å². The Morgan fingerprint density at radius 2 is 1.65 bits per heavy atom. The molecule has 0 atom stereocenters. The number of piperazine rings is 1. The Kier molecular flexibility index (Phi) is 7.09. The van der Waals surface area contributed by atoms with Gasteiger partial charge in [-0.1, -0.05) is 48.2 Å². The fraction of sp³-hybridized carbons (Fsp3) is 0.348. The van der Waals surface area contributed by atoms with Gasteiger partial charge in [-0.25, -0.2) is 0 Å². The van der Waals surface area contributed by atoms with Crippen molar-refractivity contribution in [1.82, 2.24) is 19.7 Å². The number of ether oxygens (including phenoxy) is 1. The summed E-state index contributed by atoms with van der Waals surface area (Å²) in [6.45, 7) is 6.31. The molecule has 1 aromatic heterocycles. The molecule has 1 saturated heterocycles. The lowest BCUT2D eigenvalue weighted by Crippen LogP contribution is -2.49. The van der Waals surface area contributed by atoms with Gasteiger partial charge in [-0.3, -0.25) is 4.79 Å². The number of carbonyl (C=O) groups is 1. The third-order valence-electron chi connectivity index (χ3n) is 5.30. The highest BCUT2D eigenvalue weighted by Crippen LogP contribution is 2.20. The molecule has 0 unspecified atom stereocenters. The first kappa shape index (κ1) is 21.2. The molecule has 4 rings (SSSR count). The van der Waals surface area contributed by atoms with Gasteiger partial charge in [-0.05, 0) is 31.2 Å². The smallest absolute Gasteiger partial charge is 0.233 e. The molecule has 1 aliphatic rings. The van der Waals surface area contributed by atoms with E-state index in [-0.39, 0.29) is 5.91 Å². The van der Waals surface area contributed by atoms with Gasteiger partial charge in [0.15, 0.2) is 11.0 Å². The van der Waals surface area contributed by atoms with Gasteiger partial charge in [0.1, 0.15) is 12.4 Å². The Bertz CT molecular complexity index is 972. The van der Waals surface area contributed by atoms with E-state index in [1.807, 2.05) is 64.9 Å². The molecule has 1 amide bonds. The summed E-state index contributed by atoms with van der Waals surface area (Å²) in [6, 6.07) is 20.0. The average Bonchev–Trinajstić information content (AvgIpc) is 3.24. The van der Waals surface area contributed by atoms with Crippen molar-refractivity contribution in [2.45, 2.75) is 25.2 Å². The monoisotopic (exact) mass is 437 g/mol. The predicted molar refractivity (Wildman–Crippen MR) is 122 cm³/mol. The van der Waals surface area contributed by atoms with Crippen LogP contribution in [0.25, 0.3) is 0 Å². The van der Waals surface area contributed by atoms with E-state index < -0.39 is 0 Å². The van der Waals surface area contributed by atoms with Crippen LogP contribution in [0.15, 0.2) is 65.8 Å². The van der Waals surface area contributed by atoms with Gasteiger partial charge in [-0.15, -0.1) is 10.2 Å². The van der Waals surface area contributed by atoms with Crippen LogP contribution < -0.4 is 9.64 Å². The molecule has 1 fully saturated rings. The number of aromatic nitrogens is 3. The van der Waals surface area contributed by atoms with Crippen LogP contribution in [-0.2, 0) is 17.9 Å². The summed E-state index contributed by atoms with van der Waals surface area (Å²) >= 11 is 1.44. The van der Waals surface area contributed by atoms with Crippen molar-refractivity contribution in [3.8, 4) is 5.75 Å². The quantitative estimate of drug-likeness (QED) is 0.504. The van der Waals surface area contributed by atoms with Gasteiger partial charge in [0.25, 0.3) is 0 Å². The van der Waals surface area contributed by atoms with E-state index in [0.717, 1.165) is 49.5 Å². The SMILES string of the molecule is CCn1c(COc2ccccc2)nnc1SCC(=O)N1CCN(c2ccccc2)CC1. The standard InChI is InChI=1S/C23H27N5O2S/c1-2-28-21(17-30-20-11-7-4-8-12-20)24-25-23(28)31-18-22(29)27-15-13-26(14-16-27)19-9-5-3-6-10-19/h3-12H,2,13-18H2,1H3. The lowest BCUT2D eigenvalue weighted by Gasteiger charge is -2.36. The zero-order chi connectivity index (χ0) is 21.5. The molecule has 0 N–H and O–H groups in total. The molecule has 0 aliphatic carbocycles. The minimum absolute atomic E-state index is 0.144. The van der Waals surface area contributed by atoms with Crippen LogP contribution in [0, 0.1) is 0 Å². The number of hydrogen-bond donors (Lipinski definition) is 0. The van der Waals surface area contributed by atoms with Crippen LogP contribution in [0.1, 0.15) is 12.7 Å². The van der Waals surface area contributed by atoms with Crippen LogP contribution in [-0.4, -0.2) is 57.5 Å². The molecule has 1 aliphatic heterocycles. The Morgan fingerprint density at radius 1 is 0.968 bits per heavy atom. The molecule has 8 heteroatoms. The van der Waals surface area contributed by atoms with Crippen LogP contribution >= 0.6 is 11.8 Å². The number of amides is 1. The van der Waals surface area contributed by atoms with Gasteiger partial charge in [-0.2, -0.15) is 0 Å². The van der Waals surface area contributed by atoms with Gasteiger partial charge in [0, 0.05) is 38.4 Å². The first-order valence-corrected chi connectivity index (χ1v) is 11.5. The third kappa shape index (κ3) is 5.38. The molecule has 2 heterocycles. The normalized spacial score (nSPS) is 14.0. The summed E-state index contributed by atoms with van der Waals surface area (Å²) in [5, 5.41) is 9.31. The Balaban J connectivity index is 1.28. The number of thioether (sulfide) groups is 1. The highest BCUT2D eigenvalue weighted by Gasteiger charge is 2.22. The minimum Gasteiger partial charge on any atom is -0.486 e. The van der Waals surface area contributed by atoms with Crippen molar-refractivity contribution in [2.75, 3.05) is 36.8 Å². The van der Waals surface area contributed by atoms with Crippen LogP contribution in [0.5, 0.6) is 5.75 Å². The lowest BCUT2D eigenvalue weighted by atomic mass is 10.2. The maximum atomic E-state index is 12.7. The molecule has 2 aromatic carbocycles. The largest absolute Gasteiger partial charge is 0.486 e. The maximum absolute atomic E-state index is 12.7. The lowest BCUT2D eigenvalue weighted by molar-refractivity contribution is -0.128. The molecule has 0 radical (unpaired) electrons. The summed E-state index contributed by atoms with van der Waals surface area (Å²) in [5.41, 5.74) is 1.21. The Hall–Kier alpha value is -3.00. The first-order valence-electron chi connectivity index (χ1n) is 10.5. The fourth-order valence-electron chi connectivity index (χ4n) is 3.59. The number of hydrogen-bond acceptors (Lipinski definition) is 6. The molecule has 162 valence electrons. The van der Waals surface area contributed by atoms with E-state index in [1.54, 1.807) is 0 Å². The first-order chi connectivity index (χ1) is 15.2. The van der Waals surface area contributed by atoms with E-state index >= 15 is 0 Å². The zero-order valence-corrected chi connectivity index (χ0v) is 18.5. The number of anilines is 1. The summed E-state index contributed by atoms with van der Waals surface area (Å²) in [4.78, 5) is 17.0. The van der Waals surface area contributed by atoms with E-state index in [0.29, 0.717) is 12.4 Å². The van der Waals surface area contributed by atoms with Crippen molar-refractivity contribution in [3.05, 3.63) is 66.5 Å². The summed E-state index contributed by atoms with van der Waals surface area (Å²) in [5.74, 6) is 2.07. The van der Waals surface area contributed by atoms with E-state index in [1.165, 1.54) is 17.4 Å². The molecule has 0 spiro atoms. The predicted octanol–water partition coefficient (Wildman–Crippen LogP) is 3.32. The topological polar surface area (TPSA) is 63.5 Å². The minimum atomic E-state index is 0.144. The van der Waals surface area contributed by atoms with Gasteiger partial charge in [0.2, 0.25) is 5.91 Å². The fourth-order valence-corrected chi connectivity index (χ4v) is 4.51. The summed E-state index contributed by atoms with van der Waals surface area (Å²) in [7, 11) is 0. The van der Waals surface area contributed by atoms with E-state index in [4.69, 9.17) is 4.74 Å². The van der Waals surface area contributed by atoms with Gasteiger partial charge in [0.05, 0.1) is 5.75 Å². The number of carbonyl (C=O) groups excluding carboxylic acids is 1. The second-order valence-electron chi connectivity index (χ2n) is 7.24. The average molecular weight is 438 g/mol. The number of benzene rings is 2. The van der Waals surface area contributed by atoms with E-state index in [9.17, 15) is 4.79 Å². The zero-order valence-electron chi connectivity index (χ0n) is 17.7. The molecule has 0 saturated carbocycles. The second kappa shape index (κ2) is 10.3. The molecule has 0 bridgehead atoms.